The van der Waals surface area contributed by atoms with E-state index < -0.39 is 24.2 Å². The van der Waals surface area contributed by atoms with E-state index in [2.05, 4.69) is 0 Å². The van der Waals surface area contributed by atoms with E-state index in [1.165, 1.54) is 4.90 Å². The highest BCUT2D eigenvalue weighted by Gasteiger charge is 2.40. The minimum Gasteiger partial charge on any atom is -0.388 e. The second-order valence-corrected chi connectivity index (χ2v) is 5.01. The fourth-order valence-corrected chi connectivity index (χ4v) is 2.16. The van der Waals surface area contributed by atoms with E-state index in [1.807, 2.05) is 0 Å². The summed E-state index contributed by atoms with van der Waals surface area (Å²) in [4.78, 5) is 1.50. The quantitative estimate of drug-likeness (QED) is 0.768. The summed E-state index contributed by atoms with van der Waals surface area (Å²) in [5.74, 6) is -1.55. The highest BCUT2D eigenvalue weighted by atomic mass is 19.4. The number of hydrogen-bond donors (Lipinski definition) is 2. The Morgan fingerprint density at radius 1 is 1.39 bits per heavy atom. The molecule has 1 unspecified atom stereocenters. The molecule has 1 saturated heterocycles. The van der Waals surface area contributed by atoms with Gasteiger partial charge in [0, 0.05) is 45.7 Å². The van der Waals surface area contributed by atoms with Crippen LogP contribution in [-0.2, 0) is 4.74 Å². The molecular formula is C11H21F3N2O2. The highest BCUT2D eigenvalue weighted by molar-refractivity contribution is 4.85. The fraction of sp³-hybridized carbons (Fsp3) is 1.00. The van der Waals surface area contributed by atoms with Crippen molar-refractivity contribution in [3.8, 4) is 0 Å². The topological polar surface area (TPSA) is 58.7 Å². The Kier molecular flexibility index (Phi) is 5.39. The minimum absolute atomic E-state index is 0.191. The average molecular weight is 270 g/mol. The molecule has 7 heteroatoms. The standard InChI is InChI=1S/C11H21F3N2O2/c1-16(7-9(6-15)11(12,13)14)8-10(17)2-4-18-5-3-10/h9,17H,2-8,15H2,1H3. The fourth-order valence-electron chi connectivity index (χ4n) is 2.16. The van der Waals surface area contributed by atoms with Crippen LogP contribution in [0.1, 0.15) is 12.8 Å². The summed E-state index contributed by atoms with van der Waals surface area (Å²) in [6.07, 6.45) is -3.38. The van der Waals surface area contributed by atoms with Gasteiger partial charge in [-0.25, -0.2) is 0 Å². The molecule has 1 fully saturated rings. The number of hydrogen-bond acceptors (Lipinski definition) is 4. The molecule has 1 atom stereocenters. The third-order valence-electron chi connectivity index (χ3n) is 3.27. The number of likely N-dealkylation sites (N-methyl/N-ethyl adjacent to an activating group) is 1. The van der Waals surface area contributed by atoms with Crippen LogP contribution in [0.3, 0.4) is 0 Å². The first-order valence-corrected chi connectivity index (χ1v) is 6.02. The van der Waals surface area contributed by atoms with Crippen molar-refractivity contribution in [2.45, 2.75) is 24.6 Å². The van der Waals surface area contributed by atoms with Crippen molar-refractivity contribution >= 4 is 0 Å². The van der Waals surface area contributed by atoms with Gasteiger partial charge in [-0.15, -0.1) is 0 Å². The van der Waals surface area contributed by atoms with Gasteiger partial charge >= 0.3 is 6.18 Å². The van der Waals surface area contributed by atoms with Crippen molar-refractivity contribution < 1.29 is 23.0 Å². The molecule has 1 heterocycles. The SMILES string of the molecule is CN(CC(CN)C(F)(F)F)CC1(O)CCOCC1. The van der Waals surface area contributed by atoms with E-state index in [4.69, 9.17) is 10.5 Å². The van der Waals surface area contributed by atoms with Crippen LogP contribution < -0.4 is 5.73 Å². The summed E-state index contributed by atoms with van der Waals surface area (Å²) in [6, 6.07) is 0. The van der Waals surface area contributed by atoms with Gasteiger partial charge < -0.3 is 20.5 Å². The molecule has 0 saturated carbocycles. The first-order chi connectivity index (χ1) is 8.27. The molecule has 0 aromatic rings. The van der Waals surface area contributed by atoms with Crippen LogP contribution in [0.5, 0.6) is 0 Å². The molecule has 1 rings (SSSR count). The molecule has 0 radical (unpaired) electrons. The monoisotopic (exact) mass is 270 g/mol. The van der Waals surface area contributed by atoms with Crippen molar-refractivity contribution in [2.75, 3.05) is 39.9 Å². The van der Waals surface area contributed by atoms with Crippen LogP contribution in [0.15, 0.2) is 0 Å². The lowest BCUT2D eigenvalue weighted by molar-refractivity contribution is -0.178. The third-order valence-corrected chi connectivity index (χ3v) is 3.27. The summed E-state index contributed by atoms with van der Waals surface area (Å²) in [5, 5.41) is 10.2. The molecule has 0 amide bonds. The third kappa shape index (κ3) is 4.72. The maximum absolute atomic E-state index is 12.6. The number of nitrogens with zero attached hydrogens (tertiary/aromatic N) is 1. The van der Waals surface area contributed by atoms with Gasteiger partial charge in [-0.05, 0) is 7.05 Å². The van der Waals surface area contributed by atoms with Gasteiger partial charge in [0.2, 0.25) is 0 Å². The van der Waals surface area contributed by atoms with Crippen molar-refractivity contribution in [1.82, 2.24) is 4.90 Å². The molecule has 108 valence electrons. The molecular weight excluding hydrogens is 249 g/mol. The molecule has 3 N–H and O–H groups in total. The second kappa shape index (κ2) is 6.18. The highest BCUT2D eigenvalue weighted by Crippen LogP contribution is 2.27. The summed E-state index contributed by atoms with van der Waals surface area (Å²) in [6.45, 7) is 0.481. The van der Waals surface area contributed by atoms with Crippen molar-refractivity contribution in [1.29, 1.82) is 0 Å². The Morgan fingerprint density at radius 2 is 1.94 bits per heavy atom. The largest absolute Gasteiger partial charge is 0.394 e. The Morgan fingerprint density at radius 3 is 2.39 bits per heavy atom. The molecule has 1 aliphatic heterocycles. The van der Waals surface area contributed by atoms with Crippen molar-refractivity contribution in [3.63, 3.8) is 0 Å². The molecule has 1 aliphatic rings. The average Bonchev–Trinajstić information content (AvgIpc) is 2.24. The lowest BCUT2D eigenvalue weighted by Gasteiger charge is -2.36. The zero-order chi connectivity index (χ0) is 13.8. The molecule has 18 heavy (non-hydrogen) atoms. The van der Waals surface area contributed by atoms with Crippen LogP contribution in [0, 0.1) is 5.92 Å². The molecule has 4 nitrogen and oxygen atoms in total. The molecule has 0 aliphatic carbocycles. The number of nitrogens with two attached hydrogens (primary N) is 1. The first kappa shape index (κ1) is 15.7. The van der Waals surface area contributed by atoms with Gasteiger partial charge in [-0.1, -0.05) is 0 Å². The minimum atomic E-state index is -4.29. The summed E-state index contributed by atoms with van der Waals surface area (Å²) in [7, 11) is 1.57. The Bertz CT molecular complexity index is 255. The normalized spacial score (nSPS) is 22.2. The van der Waals surface area contributed by atoms with E-state index >= 15 is 0 Å². The van der Waals surface area contributed by atoms with Crippen LogP contribution in [-0.4, -0.2) is 61.7 Å². The van der Waals surface area contributed by atoms with Gasteiger partial charge in [-0.3, -0.25) is 0 Å². The van der Waals surface area contributed by atoms with E-state index in [0.29, 0.717) is 26.1 Å². The number of aliphatic hydroxyl groups is 1. The van der Waals surface area contributed by atoms with Crippen LogP contribution in [0.25, 0.3) is 0 Å². The Balaban J connectivity index is 2.47. The zero-order valence-corrected chi connectivity index (χ0v) is 10.5. The predicted molar refractivity (Wildman–Crippen MR) is 61.1 cm³/mol. The molecule has 0 aromatic heterocycles. The molecule has 0 spiro atoms. The van der Waals surface area contributed by atoms with Crippen LogP contribution in [0.4, 0.5) is 13.2 Å². The van der Waals surface area contributed by atoms with Crippen molar-refractivity contribution in [2.24, 2.45) is 11.7 Å². The number of ether oxygens (including phenoxy) is 1. The van der Waals surface area contributed by atoms with E-state index in [-0.39, 0.29) is 13.1 Å². The van der Waals surface area contributed by atoms with E-state index in [9.17, 15) is 18.3 Å². The Hall–Kier alpha value is -0.370. The first-order valence-electron chi connectivity index (χ1n) is 6.02. The van der Waals surface area contributed by atoms with Crippen LogP contribution >= 0.6 is 0 Å². The molecule has 0 bridgehead atoms. The number of rotatable bonds is 5. The Labute approximate surface area is 105 Å². The lowest BCUT2D eigenvalue weighted by atomic mass is 9.93. The zero-order valence-electron chi connectivity index (χ0n) is 10.5. The maximum Gasteiger partial charge on any atom is 0.394 e. The van der Waals surface area contributed by atoms with Gasteiger partial charge in [0.1, 0.15) is 0 Å². The van der Waals surface area contributed by atoms with Gasteiger partial charge in [0.15, 0.2) is 0 Å². The van der Waals surface area contributed by atoms with Gasteiger partial charge in [0.05, 0.1) is 11.5 Å². The van der Waals surface area contributed by atoms with E-state index in [1.54, 1.807) is 7.05 Å². The predicted octanol–water partition coefficient (Wildman–Crippen LogP) is 0.597. The van der Waals surface area contributed by atoms with Gasteiger partial charge in [-0.2, -0.15) is 13.2 Å². The number of halogens is 3. The van der Waals surface area contributed by atoms with E-state index in [0.717, 1.165) is 0 Å². The van der Waals surface area contributed by atoms with Crippen LogP contribution in [0.2, 0.25) is 0 Å². The number of alkyl halides is 3. The molecule has 0 aromatic carbocycles. The summed E-state index contributed by atoms with van der Waals surface area (Å²) >= 11 is 0. The van der Waals surface area contributed by atoms with Gasteiger partial charge in [0.25, 0.3) is 0 Å². The maximum atomic E-state index is 12.6. The van der Waals surface area contributed by atoms with Crippen molar-refractivity contribution in [3.05, 3.63) is 0 Å². The summed E-state index contributed by atoms with van der Waals surface area (Å²) < 4.78 is 42.8. The summed E-state index contributed by atoms with van der Waals surface area (Å²) in [5.41, 5.74) is 4.20. The lowest BCUT2D eigenvalue weighted by Crippen LogP contribution is -2.48. The second-order valence-electron chi connectivity index (χ2n) is 5.01. The smallest absolute Gasteiger partial charge is 0.388 e.